The van der Waals surface area contributed by atoms with Crippen molar-refractivity contribution >= 4 is 23.4 Å². The number of nitrogens with one attached hydrogen (secondary N) is 1. The Morgan fingerprint density at radius 2 is 2.06 bits per heavy atom. The van der Waals surface area contributed by atoms with E-state index in [1.807, 2.05) is 30.3 Å². The lowest BCUT2D eigenvalue weighted by molar-refractivity contribution is -0.114. The van der Waals surface area contributed by atoms with E-state index >= 15 is 0 Å². The van der Waals surface area contributed by atoms with Gasteiger partial charge in [0.05, 0.1) is 11.4 Å². The van der Waals surface area contributed by atoms with Crippen LogP contribution >= 0.6 is 0 Å². The van der Waals surface area contributed by atoms with Crippen molar-refractivity contribution in [2.75, 3.05) is 5.32 Å². The van der Waals surface area contributed by atoms with Gasteiger partial charge in [0.15, 0.2) is 5.78 Å². The lowest BCUT2D eigenvalue weighted by Crippen LogP contribution is -2.09. The van der Waals surface area contributed by atoms with E-state index in [9.17, 15) is 4.79 Å². The molecule has 1 heterocycles. The van der Waals surface area contributed by atoms with Crippen LogP contribution in [-0.2, 0) is 4.79 Å². The number of rotatable bonds is 0. The maximum Gasteiger partial charge on any atom is 0.160 e. The molecule has 3 heteroatoms. The van der Waals surface area contributed by atoms with Gasteiger partial charge in [-0.2, -0.15) is 0 Å². The van der Waals surface area contributed by atoms with Crippen molar-refractivity contribution in [2.45, 2.75) is 6.42 Å². The lowest BCUT2D eigenvalue weighted by Gasteiger charge is -2.12. The van der Waals surface area contributed by atoms with Crippen molar-refractivity contribution in [1.29, 1.82) is 0 Å². The highest BCUT2D eigenvalue weighted by atomic mass is 16.1. The summed E-state index contributed by atoms with van der Waals surface area (Å²) in [5.74, 6) is 0.123. The molecule has 0 amide bonds. The number of para-hydroxylation sites is 2. The smallest absolute Gasteiger partial charge is 0.160 e. The van der Waals surface area contributed by atoms with Gasteiger partial charge in [-0.05, 0) is 24.3 Å². The number of benzene rings is 1. The van der Waals surface area contributed by atoms with Crippen LogP contribution in [0.2, 0.25) is 0 Å². The monoisotopic (exact) mass is 210 g/mol. The van der Waals surface area contributed by atoms with Gasteiger partial charge in [-0.3, -0.25) is 9.79 Å². The largest absolute Gasteiger partial charge is 0.353 e. The molecule has 3 rings (SSSR count). The molecule has 1 aromatic rings. The third kappa shape index (κ3) is 1.46. The first-order valence-electron chi connectivity index (χ1n) is 5.17. The average molecular weight is 210 g/mol. The Bertz CT molecular complexity index is 553. The summed E-state index contributed by atoms with van der Waals surface area (Å²) in [7, 11) is 0. The molecule has 1 aromatic carbocycles. The Balaban J connectivity index is 2.08. The van der Waals surface area contributed by atoms with Gasteiger partial charge in [0.2, 0.25) is 0 Å². The fraction of sp³-hybridized carbons (Fsp3) is 0.0769. The number of carbonyl (C=O) groups is 1. The predicted molar refractivity (Wildman–Crippen MR) is 64.0 cm³/mol. The van der Waals surface area contributed by atoms with Crippen LogP contribution < -0.4 is 5.32 Å². The zero-order valence-electron chi connectivity index (χ0n) is 8.60. The van der Waals surface area contributed by atoms with E-state index in [2.05, 4.69) is 10.3 Å². The number of hydrogen-bond acceptors (Lipinski definition) is 3. The molecule has 16 heavy (non-hydrogen) atoms. The highest BCUT2D eigenvalue weighted by Gasteiger charge is 2.15. The minimum Gasteiger partial charge on any atom is -0.353 e. The number of aliphatic imine (C=N–C) groups is 1. The summed E-state index contributed by atoms with van der Waals surface area (Å²) in [4.78, 5) is 15.7. The fourth-order valence-electron chi connectivity index (χ4n) is 1.85. The molecular weight excluding hydrogens is 200 g/mol. The van der Waals surface area contributed by atoms with Crippen LogP contribution in [-0.4, -0.2) is 12.0 Å². The van der Waals surface area contributed by atoms with Crippen molar-refractivity contribution in [2.24, 2.45) is 4.99 Å². The Kier molecular flexibility index (Phi) is 1.96. The van der Waals surface area contributed by atoms with Gasteiger partial charge in [0, 0.05) is 23.9 Å². The molecule has 2 aliphatic rings. The van der Waals surface area contributed by atoms with E-state index in [0.29, 0.717) is 6.42 Å². The van der Waals surface area contributed by atoms with Crippen molar-refractivity contribution in [1.82, 2.24) is 0 Å². The van der Waals surface area contributed by atoms with Crippen molar-refractivity contribution < 1.29 is 4.79 Å². The van der Waals surface area contributed by atoms with E-state index < -0.39 is 0 Å². The highest BCUT2D eigenvalue weighted by Crippen LogP contribution is 2.30. The maximum absolute atomic E-state index is 11.3. The molecular formula is C13H10N2O. The van der Waals surface area contributed by atoms with Gasteiger partial charge in [-0.1, -0.05) is 12.1 Å². The number of hydrogen-bond donors (Lipinski definition) is 1. The molecule has 1 aliphatic heterocycles. The van der Waals surface area contributed by atoms with E-state index in [1.165, 1.54) is 0 Å². The van der Waals surface area contributed by atoms with Crippen LogP contribution in [0.15, 0.2) is 52.7 Å². The molecule has 0 unspecified atom stereocenters. The predicted octanol–water partition coefficient (Wildman–Crippen LogP) is 2.60. The van der Waals surface area contributed by atoms with Crippen LogP contribution in [0.25, 0.3) is 0 Å². The minimum absolute atomic E-state index is 0.123. The molecule has 1 aliphatic carbocycles. The van der Waals surface area contributed by atoms with Crippen LogP contribution in [0, 0.1) is 0 Å². The van der Waals surface area contributed by atoms with Crippen LogP contribution in [0.3, 0.4) is 0 Å². The second kappa shape index (κ2) is 3.45. The van der Waals surface area contributed by atoms with Crippen molar-refractivity contribution in [3.63, 3.8) is 0 Å². The summed E-state index contributed by atoms with van der Waals surface area (Å²) >= 11 is 0. The average Bonchev–Trinajstić information content (AvgIpc) is 2.48. The SMILES string of the molecule is O=C1C=CC2=C(C=Nc3ccccc3N2)C1. The van der Waals surface area contributed by atoms with Gasteiger partial charge < -0.3 is 5.32 Å². The Morgan fingerprint density at radius 1 is 1.19 bits per heavy atom. The van der Waals surface area contributed by atoms with E-state index in [-0.39, 0.29) is 5.78 Å². The number of allylic oxidation sites excluding steroid dienone is 3. The van der Waals surface area contributed by atoms with Gasteiger partial charge in [0.1, 0.15) is 0 Å². The normalized spacial score (nSPS) is 17.6. The Morgan fingerprint density at radius 3 is 3.00 bits per heavy atom. The number of anilines is 1. The number of nitrogens with zero attached hydrogens (tertiary/aromatic N) is 1. The molecule has 0 atom stereocenters. The second-order valence-corrected chi connectivity index (χ2v) is 3.82. The molecule has 78 valence electrons. The second-order valence-electron chi connectivity index (χ2n) is 3.82. The molecule has 0 radical (unpaired) electrons. The molecule has 0 saturated carbocycles. The maximum atomic E-state index is 11.3. The standard InChI is InChI=1S/C13H10N2O/c16-10-5-6-11-9(7-10)8-14-12-3-1-2-4-13(12)15-11/h1-6,8,15H,7H2. The van der Waals surface area contributed by atoms with E-state index in [0.717, 1.165) is 22.6 Å². The van der Waals surface area contributed by atoms with Crippen LogP contribution in [0.5, 0.6) is 0 Å². The first kappa shape index (κ1) is 9.09. The zero-order chi connectivity index (χ0) is 11.0. The molecule has 3 nitrogen and oxygen atoms in total. The Labute approximate surface area is 93.2 Å². The van der Waals surface area contributed by atoms with Crippen LogP contribution in [0.1, 0.15) is 6.42 Å². The molecule has 0 aromatic heterocycles. The molecule has 1 N–H and O–H groups in total. The highest BCUT2D eigenvalue weighted by molar-refractivity contribution is 6.02. The summed E-state index contributed by atoms with van der Waals surface area (Å²) in [5.41, 5.74) is 3.79. The van der Waals surface area contributed by atoms with E-state index in [1.54, 1.807) is 12.3 Å². The summed E-state index contributed by atoms with van der Waals surface area (Å²) in [5, 5.41) is 3.30. The number of carbonyl (C=O) groups excluding carboxylic acids is 1. The van der Waals surface area contributed by atoms with Gasteiger partial charge in [0.25, 0.3) is 0 Å². The van der Waals surface area contributed by atoms with Gasteiger partial charge in [-0.15, -0.1) is 0 Å². The van der Waals surface area contributed by atoms with Crippen molar-refractivity contribution in [3.05, 3.63) is 47.7 Å². The van der Waals surface area contributed by atoms with Crippen molar-refractivity contribution in [3.8, 4) is 0 Å². The molecule has 0 fully saturated rings. The third-order valence-electron chi connectivity index (χ3n) is 2.68. The fourth-order valence-corrected chi connectivity index (χ4v) is 1.85. The quantitative estimate of drug-likeness (QED) is 0.715. The summed E-state index contributed by atoms with van der Waals surface area (Å²) in [6.45, 7) is 0. The van der Waals surface area contributed by atoms with E-state index in [4.69, 9.17) is 0 Å². The molecule has 0 saturated heterocycles. The summed E-state index contributed by atoms with van der Waals surface area (Å²) < 4.78 is 0. The first-order valence-corrected chi connectivity index (χ1v) is 5.17. The minimum atomic E-state index is 0.123. The molecule has 0 bridgehead atoms. The molecule has 0 spiro atoms. The lowest BCUT2D eigenvalue weighted by atomic mass is 10.0. The number of ketones is 1. The summed E-state index contributed by atoms with van der Waals surface area (Å²) in [6, 6.07) is 7.84. The number of fused-ring (bicyclic) bond motifs is 1. The summed E-state index contributed by atoms with van der Waals surface area (Å²) in [6.07, 6.45) is 5.62. The topological polar surface area (TPSA) is 41.5 Å². The first-order chi connectivity index (χ1) is 7.83. The Hall–Kier alpha value is -2.16. The zero-order valence-corrected chi connectivity index (χ0v) is 8.60. The van der Waals surface area contributed by atoms with Gasteiger partial charge >= 0.3 is 0 Å². The van der Waals surface area contributed by atoms with Gasteiger partial charge in [-0.25, -0.2) is 0 Å². The van der Waals surface area contributed by atoms with Crippen LogP contribution in [0.4, 0.5) is 11.4 Å². The third-order valence-corrected chi connectivity index (χ3v) is 2.68.